The maximum absolute atomic E-state index is 12.4. The highest BCUT2D eigenvalue weighted by atomic mass is 35.5. The molecule has 6 nitrogen and oxygen atoms in total. The highest BCUT2D eigenvalue weighted by molar-refractivity contribution is 6.14. The van der Waals surface area contributed by atoms with Gasteiger partial charge in [0.1, 0.15) is 18.6 Å². The molecule has 0 amide bonds. The maximum atomic E-state index is 12.4. The van der Waals surface area contributed by atoms with Crippen LogP contribution in [0.3, 0.4) is 0 Å². The van der Waals surface area contributed by atoms with Gasteiger partial charge < -0.3 is 9.47 Å². The van der Waals surface area contributed by atoms with Crippen molar-refractivity contribution in [1.29, 1.82) is 0 Å². The van der Waals surface area contributed by atoms with E-state index in [2.05, 4.69) is 27.7 Å². The number of nitrogens with zero attached hydrogens (tertiary/aromatic N) is 2. The molecule has 0 spiro atoms. The molecule has 8 heteroatoms. The number of carbonyl (C=O) groups excluding carboxylic acids is 2. The van der Waals surface area contributed by atoms with Gasteiger partial charge in [0.05, 0.1) is 11.1 Å². The van der Waals surface area contributed by atoms with Crippen LogP contribution in [0.25, 0.3) is 0 Å². The zero-order valence-electron chi connectivity index (χ0n) is 19.0. The number of halogens is 2. The molecule has 2 fully saturated rings. The third-order valence-corrected chi connectivity index (χ3v) is 8.31. The summed E-state index contributed by atoms with van der Waals surface area (Å²) in [4.78, 5) is 24.9. The largest absolute Gasteiger partial charge is 0.460 e. The fraction of sp³-hybridized carbons (Fsp3) is 0.905. The minimum absolute atomic E-state index is 0.194. The second-order valence-corrected chi connectivity index (χ2v) is 11.4. The predicted octanol–water partition coefficient (Wildman–Crippen LogP) is 4.81. The first-order valence-electron chi connectivity index (χ1n) is 10.3. The van der Waals surface area contributed by atoms with Gasteiger partial charge in [-0.1, -0.05) is 0 Å². The Morgan fingerprint density at radius 1 is 0.759 bits per heavy atom. The van der Waals surface area contributed by atoms with Gasteiger partial charge >= 0.3 is 11.9 Å². The van der Waals surface area contributed by atoms with Crippen molar-refractivity contribution in [2.45, 2.75) is 122 Å². The summed E-state index contributed by atoms with van der Waals surface area (Å²) >= 11 is 13.0. The molecule has 0 saturated carbocycles. The van der Waals surface area contributed by atoms with Gasteiger partial charge in [-0.3, -0.25) is 9.59 Å². The van der Waals surface area contributed by atoms with Crippen LogP contribution in [0.4, 0.5) is 0 Å². The lowest BCUT2D eigenvalue weighted by Crippen LogP contribution is -2.61. The average molecular weight is 451 g/mol. The van der Waals surface area contributed by atoms with Crippen LogP contribution in [0.5, 0.6) is 0 Å². The van der Waals surface area contributed by atoms with E-state index >= 15 is 0 Å². The van der Waals surface area contributed by atoms with Crippen LogP contribution in [0, 0.1) is 0 Å². The summed E-state index contributed by atoms with van der Waals surface area (Å²) in [5.41, 5.74) is -1.47. The van der Waals surface area contributed by atoms with Crippen molar-refractivity contribution in [2.75, 3.05) is 0 Å². The van der Waals surface area contributed by atoms with Crippen molar-refractivity contribution >= 4 is 35.5 Å². The SMILES string of the molecule is CC1(C)CCC(OC(=O)CC(=O)OC2CCC(C)(C)N(Cl)C2(C)C)C(C)(C)N1Cl. The van der Waals surface area contributed by atoms with Crippen LogP contribution in [0.2, 0.25) is 0 Å². The second-order valence-electron chi connectivity index (χ2n) is 10.7. The average Bonchev–Trinajstić information content (AvgIpc) is 2.58. The van der Waals surface area contributed by atoms with Crippen LogP contribution in [-0.4, -0.2) is 55.1 Å². The number of esters is 2. The van der Waals surface area contributed by atoms with E-state index < -0.39 is 41.6 Å². The summed E-state index contributed by atoms with van der Waals surface area (Å²) in [5.74, 6) is -1.18. The Bertz CT molecular complexity index is 595. The molecule has 0 aliphatic carbocycles. The smallest absolute Gasteiger partial charge is 0.317 e. The highest BCUT2D eigenvalue weighted by Gasteiger charge is 2.50. The van der Waals surface area contributed by atoms with Gasteiger partial charge in [-0.05, 0) is 105 Å². The first-order chi connectivity index (χ1) is 13.0. The van der Waals surface area contributed by atoms with E-state index in [9.17, 15) is 9.59 Å². The molecule has 0 radical (unpaired) electrons. The number of hydrogen-bond acceptors (Lipinski definition) is 6. The molecule has 2 heterocycles. The Kier molecular flexibility index (Phi) is 6.97. The third-order valence-electron chi connectivity index (χ3n) is 6.52. The Hall–Kier alpha value is -0.560. The van der Waals surface area contributed by atoms with Crippen LogP contribution < -0.4 is 0 Å². The van der Waals surface area contributed by atoms with E-state index in [4.69, 9.17) is 33.0 Å². The lowest BCUT2D eigenvalue weighted by molar-refractivity contribution is -0.173. The lowest BCUT2D eigenvalue weighted by Gasteiger charge is -2.52. The van der Waals surface area contributed by atoms with E-state index in [1.807, 2.05) is 27.7 Å². The zero-order valence-corrected chi connectivity index (χ0v) is 20.5. The molecule has 0 bridgehead atoms. The van der Waals surface area contributed by atoms with E-state index in [1.165, 1.54) is 0 Å². The first-order valence-corrected chi connectivity index (χ1v) is 11.0. The lowest BCUT2D eigenvalue weighted by atomic mass is 9.80. The molecule has 0 aromatic carbocycles. The third kappa shape index (κ3) is 5.03. The van der Waals surface area contributed by atoms with Gasteiger partial charge in [-0.2, -0.15) is 0 Å². The molecule has 2 aliphatic heterocycles. The van der Waals surface area contributed by atoms with Crippen molar-refractivity contribution in [2.24, 2.45) is 0 Å². The van der Waals surface area contributed by atoms with Crippen molar-refractivity contribution < 1.29 is 19.1 Å². The number of piperidine rings is 2. The van der Waals surface area contributed by atoms with Crippen LogP contribution in [0.1, 0.15) is 87.5 Å². The summed E-state index contributed by atoms with van der Waals surface area (Å²) in [5, 5.41) is 0. The normalized spacial score (nSPS) is 31.1. The molecule has 168 valence electrons. The van der Waals surface area contributed by atoms with Crippen LogP contribution in [0.15, 0.2) is 0 Å². The fourth-order valence-electron chi connectivity index (χ4n) is 4.61. The van der Waals surface area contributed by atoms with Gasteiger partial charge in [-0.15, -0.1) is 0 Å². The molecule has 0 aromatic rings. The van der Waals surface area contributed by atoms with Crippen molar-refractivity contribution in [1.82, 2.24) is 8.84 Å². The Morgan fingerprint density at radius 3 is 1.38 bits per heavy atom. The van der Waals surface area contributed by atoms with Crippen molar-refractivity contribution in [3.63, 3.8) is 0 Å². The van der Waals surface area contributed by atoms with Crippen molar-refractivity contribution in [3.8, 4) is 0 Å². The predicted molar refractivity (Wildman–Crippen MR) is 115 cm³/mol. The molecular formula is C21H36Cl2N2O4. The Labute approximate surface area is 185 Å². The van der Waals surface area contributed by atoms with Crippen LogP contribution >= 0.6 is 23.6 Å². The van der Waals surface area contributed by atoms with E-state index in [0.717, 1.165) is 12.8 Å². The summed E-state index contributed by atoms with van der Waals surface area (Å²) in [7, 11) is 0. The van der Waals surface area contributed by atoms with Gasteiger partial charge in [0.15, 0.2) is 0 Å². The highest BCUT2D eigenvalue weighted by Crippen LogP contribution is 2.42. The van der Waals surface area contributed by atoms with E-state index in [-0.39, 0.29) is 11.1 Å². The summed E-state index contributed by atoms with van der Waals surface area (Å²) in [6.45, 7) is 16.0. The zero-order chi connectivity index (χ0) is 22.4. The molecule has 29 heavy (non-hydrogen) atoms. The number of ether oxygens (including phenoxy) is 2. The number of rotatable bonds is 4. The van der Waals surface area contributed by atoms with Gasteiger partial charge in [0, 0.05) is 11.1 Å². The quantitative estimate of drug-likeness (QED) is 0.347. The molecule has 2 saturated heterocycles. The van der Waals surface area contributed by atoms with E-state index in [0.29, 0.717) is 12.8 Å². The summed E-state index contributed by atoms with van der Waals surface area (Å²) in [6.07, 6.45) is 1.76. The van der Waals surface area contributed by atoms with Gasteiger partial charge in [0.25, 0.3) is 0 Å². The Balaban J connectivity index is 1.94. The second kappa shape index (κ2) is 8.18. The fourth-order valence-corrected chi connectivity index (χ4v) is 5.00. The molecule has 2 atom stereocenters. The van der Waals surface area contributed by atoms with Crippen LogP contribution in [-0.2, 0) is 19.1 Å². The number of hydrogen-bond donors (Lipinski definition) is 0. The van der Waals surface area contributed by atoms with Gasteiger partial charge in [0.2, 0.25) is 0 Å². The molecule has 0 aromatic heterocycles. The minimum atomic E-state index is -0.588. The first kappa shape index (κ1) is 24.7. The molecule has 2 aliphatic rings. The minimum Gasteiger partial charge on any atom is -0.460 e. The summed E-state index contributed by atoms with van der Waals surface area (Å²) in [6, 6.07) is 0. The topological polar surface area (TPSA) is 59.1 Å². The standard InChI is InChI=1S/C21H36Cl2N2O4/c1-18(2)11-9-14(20(5,6)24(18)22)28-16(26)13-17(27)29-15-10-12-19(3,4)25(23)21(15,7)8/h14-15H,9-13H2,1-8H3. The van der Waals surface area contributed by atoms with E-state index in [1.54, 1.807) is 8.84 Å². The molecular weight excluding hydrogens is 415 g/mol. The molecule has 2 rings (SSSR count). The summed E-state index contributed by atoms with van der Waals surface area (Å²) < 4.78 is 14.7. The Morgan fingerprint density at radius 2 is 1.07 bits per heavy atom. The number of carbonyl (C=O) groups is 2. The van der Waals surface area contributed by atoms with Gasteiger partial charge in [-0.25, -0.2) is 8.84 Å². The monoisotopic (exact) mass is 450 g/mol. The molecule has 0 N–H and O–H groups in total. The maximum Gasteiger partial charge on any atom is 0.317 e. The molecule has 2 unspecified atom stereocenters. The van der Waals surface area contributed by atoms with Crippen molar-refractivity contribution in [3.05, 3.63) is 0 Å².